The lowest BCUT2D eigenvalue weighted by atomic mass is 9.94. The van der Waals surface area contributed by atoms with Crippen molar-refractivity contribution in [1.29, 1.82) is 0 Å². The summed E-state index contributed by atoms with van der Waals surface area (Å²) in [6.07, 6.45) is 6.68. The predicted octanol–water partition coefficient (Wildman–Crippen LogP) is 3.49. The minimum atomic E-state index is -0.361. The van der Waals surface area contributed by atoms with Gasteiger partial charge in [-0.1, -0.05) is 17.7 Å². The van der Waals surface area contributed by atoms with Crippen molar-refractivity contribution in [2.45, 2.75) is 31.8 Å². The molecule has 5 heteroatoms. The van der Waals surface area contributed by atoms with Crippen molar-refractivity contribution >= 4 is 28.9 Å². The first-order chi connectivity index (χ1) is 10.2. The highest BCUT2D eigenvalue weighted by molar-refractivity contribution is 7.10. The Morgan fingerprint density at radius 3 is 3.10 bits per heavy atom. The molecule has 112 valence electrons. The van der Waals surface area contributed by atoms with Crippen molar-refractivity contribution < 1.29 is 9.53 Å². The molecule has 21 heavy (non-hydrogen) atoms. The molecule has 0 fully saturated rings. The summed E-state index contributed by atoms with van der Waals surface area (Å²) in [6, 6.07) is 1.79. The molecule has 1 atom stereocenters. The van der Waals surface area contributed by atoms with E-state index in [2.05, 4.69) is 16.3 Å². The Kier molecular flexibility index (Phi) is 4.48. The zero-order valence-corrected chi connectivity index (χ0v) is 13.5. The van der Waals surface area contributed by atoms with Crippen LogP contribution in [-0.2, 0) is 22.5 Å². The number of allylic oxidation sites excluding steroid dienone is 3. The molecule has 1 unspecified atom stereocenters. The number of hydrogen-bond acceptors (Lipinski definition) is 4. The minimum Gasteiger partial charge on any atom is -0.468 e. The lowest BCUT2D eigenvalue weighted by Gasteiger charge is -2.35. The lowest BCUT2D eigenvalue weighted by Crippen LogP contribution is -2.45. The van der Waals surface area contributed by atoms with Crippen LogP contribution in [0.4, 0.5) is 0 Å². The van der Waals surface area contributed by atoms with E-state index in [0.29, 0.717) is 5.03 Å². The van der Waals surface area contributed by atoms with Gasteiger partial charge in [-0.3, -0.25) is 4.90 Å². The number of hydrogen-bond donors (Lipinski definition) is 0. The summed E-state index contributed by atoms with van der Waals surface area (Å²) in [4.78, 5) is 15.9. The molecule has 1 aliphatic heterocycles. The smallest absolute Gasteiger partial charge is 0.327 e. The molecule has 3 nitrogen and oxygen atoms in total. The number of carbonyl (C=O) groups excluding carboxylic acids is 1. The second kappa shape index (κ2) is 6.34. The molecular formula is C16H18ClNO2S. The largest absolute Gasteiger partial charge is 0.468 e. The van der Waals surface area contributed by atoms with E-state index in [1.54, 1.807) is 11.3 Å². The van der Waals surface area contributed by atoms with Crippen LogP contribution in [0.2, 0.25) is 0 Å². The summed E-state index contributed by atoms with van der Waals surface area (Å²) in [5, 5.41) is 2.81. The molecule has 0 radical (unpaired) electrons. The van der Waals surface area contributed by atoms with Crippen LogP contribution in [0.25, 0.3) is 0 Å². The van der Waals surface area contributed by atoms with Crippen LogP contribution in [0.1, 0.15) is 23.3 Å². The molecule has 0 bridgehead atoms. The molecule has 0 amide bonds. The van der Waals surface area contributed by atoms with Gasteiger partial charge in [-0.05, 0) is 47.9 Å². The zero-order valence-electron chi connectivity index (χ0n) is 12.0. The van der Waals surface area contributed by atoms with Crippen molar-refractivity contribution in [3.05, 3.63) is 44.6 Å². The number of carbonyl (C=O) groups is 1. The number of ether oxygens (including phenoxy) is 1. The number of nitrogens with zero attached hydrogens (tertiary/aromatic N) is 1. The van der Waals surface area contributed by atoms with Crippen molar-refractivity contribution in [3.8, 4) is 0 Å². The number of halogens is 1. The van der Waals surface area contributed by atoms with Gasteiger partial charge >= 0.3 is 5.97 Å². The zero-order chi connectivity index (χ0) is 14.8. The highest BCUT2D eigenvalue weighted by atomic mass is 35.5. The summed E-state index contributed by atoms with van der Waals surface area (Å²) in [5.74, 6) is -0.211. The molecule has 0 aromatic carbocycles. The second-order valence-electron chi connectivity index (χ2n) is 5.33. The third-order valence-corrected chi connectivity index (χ3v) is 5.50. The number of rotatable bonds is 3. The molecule has 0 spiro atoms. The molecular weight excluding hydrogens is 306 g/mol. The number of methoxy groups -OCH3 is 1. The maximum absolute atomic E-state index is 12.3. The summed E-state index contributed by atoms with van der Waals surface area (Å²) >= 11 is 8.13. The number of fused-ring (bicyclic) bond motifs is 1. The Balaban J connectivity index is 1.90. The highest BCUT2D eigenvalue weighted by Crippen LogP contribution is 2.32. The normalized spacial score (nSPS) is 20.3. The molecule has 0 saturated carbocycles. The van der Waals surface area contributed by atoms with Gasteiger partial charge in [0.25, 0.3) is 0 Å². The van der Waals surface area contributed by atoms with Gasteiger partial charge < -0.3 is 4.74 Å². The Morgan fingerprint density at radius 2 is 2.33 bits per heavy atom. The molecule has 1 aliphatic carbocycles. The Labute approximate surface area is 133 Å². The first-order valence-electron chi connectivity index (χ1n) is 7.13. The van der Waals surface area contributed by atoms with Gasteiger partial charge in [0.2, 0.25) is 0 Å². The molecule has 3 rings (SSSR count). The number of esters is 1. The van der Waals surface area contributed by atoms with Gasteiger partial charge in [-0.2, -0.15) is 0 Å². The van der Waals surface area contributed by atoms with E-state index in [9.17, 15) is 4.79 Å². The fourth-order valence-corrected chi connectivity index (χ4v) is 4.21. The van der Waals surface area contributed by atoms with Crippen LogP contribution in [0.5, 0.6) is 0 Å². The van der Waals surface area contributed by atoms with E-state index < -0.39 is 0 Å². The van der Waals surface area contributed by atoms with E-state index in [-0.39, 0.29) is 12.0 Å². The van der Waals surface area contributed by atoms with Gasteiger partial charge in [-0.25, -0.2) is 4.79 Å². The first kappa shape index (κ1) is 14.8. The molecule has 1 aromatic heterocycles. The molecule has 2 heterocycles. The summed E-state index contributed by atoms with van der Waals surface area (Å²) in [6.45, 7) is 1.65. The van der Waals surface area contributed by atoms with Gasteiger partial charge in [0.1, 0.15) is 6.04 Å². The third-order valence-electron chi connectivity index (χ3n) is 4.11. The minimum absolute atomic E-state index is 0.211. The SMILES string of the molecule is COC(=O)C(C1=C(Cl)C=CCC1)N1CCc2sccc2C1. The van der Waals surface area contributed by atoms with Crippen LogP contribution in [0.15, 0.2) is 34.2 Å². The van der Waals surface area contributed by atoms with Crippen LogP contribution < -0.4 is 0 Å². The summed E-state index contributed by atoms with van der Waals surface area (Å²) < 4.78 is 5.04. The van der Waals surface area contributed by atoms with E-state index in [1.165, 1.54) is 17.6 Å². The maximum Gasteiger partial charge on any atom is 0.327 e. The van der Waals surface area contributed by atoms with Gasteiger partial charge in [-0.15, -0.1) is 11.3 Å². The standard InChI is InChI=1S/C16H18ClNO2S/c1-20-16(19)15(12-4-2-3-5-13(12)17)18-8-6-14-11(10-18)7-9-21-14/h3,5,7,9,15H,2,4,6,8,10H2,1H3. The predicted molar refractivity (Wildman–Crippen MR) is 85.5 cm³/mol. The highest BCUT2D eigenvalue weighted by Gasteiger charge is 2.34. The van der Waals surface area contributed by atoms with E-state index in [1.807, 2.05) is 12.2 Å². The topological polar surface area (TPSA) is 29.5 Å². The maximum atomic E-state index is 12.3. The van der Waals surface area contributed by atoms with E-state index in [4.69, 9.17) is 16.3 Å². The van der Waals surface area contributed by atoms with Crippen LogP contribution in [-0.4, -0.2) is 30.6 Å². The monoisotopic (exact) mass is 323 g/mol. The lowest BCUT2D eigenvalue weighted by molar-refractivity contribution is -0.145. The Bertz CT molecular complexity index is 605. The summed E-state index contributed by atoms with van der Waals surface area (Å²) in [7, 11) is 1.45. The van der Waals surface area contributed by atoms with Crippen LogP contribution in [0.3, 0.4) is 0 Å². The average Bonchev–Trinajstić information content (AvgIpc) is 2.97. The second-order valence-corrected chi connectivity index (χ2v) is 6.74. The fraction of sp³-hybridized carbons (Fsp3) is 0.438. The van der Waals surface area contributed by atoms with Gasteiger partial charge in [0, 0.05) is 23.0 Å². The van der Waals surface area contributed by atoms with Gasteiger partial charge in [0.15, 0.2) is 0 Å². The Morgan fingerprint density at radius 1 is 1.48 bits per heavy atom. The molecule has 1 aromatic rings. The first-order valence-corrected chi connectivity index (χ1v) is 8.38. The fourth-order valence-electron chi connectivity index (χ4n) is 3.03. The van der Waals surface area contributed by atoms with Crippen molar-refractivity contribution in [2.75, 3.05) is 13.7 Å². The van der Waals surface area contributed by atoms with E-state index in [0.717, 1.165) is 37.9 Å². The van der Waals surface area contributed by atoms with E-state index >= 15 is 0 Å². The van der Waals surface area contributed by atoms with Crippen molar-refractivity contribution in [2.24, 2.45) is 0 Å². The summed E-state index contributed by atoms with van der Waals surface area (Å²) in [5.41, 5.74) is 2.31. The Hall–Kier alpha value is -1.10. The third kappa shape index (κ3) is 2.93. The molecule has 0 saturated heterocycles. The number of thiophene rings is 1. The quantitative estimate of drug-likeness (QED) is 0.797. The van der Waals surface area contributed by atoms with Gasteiger partial charge in [0.05, 0.1) is 7.11 Å². The van der Waals surface area contributed by atoms with Crippen molar-refractivity contribution in [1.82, 2.24) is 4.90 Å². The average molecular weight is 324 g/mol. The van der Waals surface area contributed by atoms with Crippen LogP contribution in [0, 0.1) is 0 Å². The van der Waals surface area contributed by atoms with Crippen molar-refractivity contribution in [3.63, 3.8) is 0 Å². The van der Waals surface area contributed by atoms with Crippen LogP contribution >= 0.6 is 22.9 Å². The molecule has 0 N–H and O–H groups in total. The molecule has 2 aliphatic rings.